The average Bonchev–Trinajstić information content (AvgIpc) is 2.32. The number of phenols is 1. The van der Waals surface area contributed by atoms with E-state index in [1.54, 1.807) is 0 Å². The number of nitrogen functional groups attached to an aromatic ring is 1. The summed E-state index contributed by atoms with van der Waals surface area (Å²) in [5.74, 6) is -2.34. The minimum absolute atomic E-state index is 0.0509. The second-order valence-corrected chi connectivity index (χ2v) is 3.85. The van der Waals surface area contributed by atoms with Gasteiger partial charge in [-0.25, -0.2) is 8.78 Å². The fourth-order valence-electron chi connectivity index (χ4n) is 1.53. The zero-order chi connectivity index (χ0) is 14.0. The summed E-state index contributed by atoms with van der Waals surface area (Å²) in [4.78, 5) is 11.8. The molecule has 0 aliphatic heterocycles. The quantitative estimate of drug-likeness (QED) is 0.729. The van der Waals surface area contributed by atoms with Crippen molar-refractivity contribution in [3.63, 3.8) is 0 Å². The number of hydrogen-bond acceptors (Lipinski definition) is 3. The third-order valence-electron chi connectivity index (χ3n) is 2.47. The zero-order valence-corrected chi connectivity index (χ0v) is 9.65. The first-order chi connectivity index (χ1) is 8.97. The molecule has 0 aromatic heterocycles. The first-order valence-corrected chi connectivity index (χ1v) is 5.32. The van der Waals surface area contributed by atoms with Gasteiger partial charge < -0.3 is 16.2 Å². The van der Waals surface area contributed by atoms with Crippen LogP contribution in [0.2, 0.25) is 0 Å². The molecule has 98 valence electrons. The molecule has 2 aromatic rings. The Labute approximate surface area is 107 Å². The van der Waals surface area contributed by atoms with Crippen LogP contribution in [0.3, 0.4) is 0 Å². The molecular formula is C13H10F2N2O2. The fraction of sp³-hybridized carbons (Fsp3) is 0. The normalized spacial score (nSPS) is 10.2. The Morgan fingerprint density at radius 2 is 1.74 bits per heavy atom. The molecule has 2 aromatic carbocycles. The van der Waals surface area contributed by atoms with Crippen molar-refractivity contribution in [1.29, 1.82) is 0 Å². The molecular weight excluding hydrogens is 254 g/mol. The zero-order valence-electron chi connectivity index (χ0n) is 9.65. The van der Waals surface area contributed by atoms with Crippen LogP contribution in [0.1, 0.15) is 10.4 Å². The van der Waals surface area contributed by atoms with Gasteiger partial charge in [-0.1, -0.05) is 0 Å². The summed E-state index contributed by atoms with van der Waals surface area (Å²) in [5, 5.41) is 11.9. The maximum Gasteiger partial charge on any atom is 0.259 e. The number of phenolic OH excluding ortho intramolecular Hbond substituents is 1. The van der Waals surface area contributed by atoms with Gasteiger partial charge in [0.05, 0.1) is 16.9 Å². The molecule has 19 heavy (non-hydrogen) atoms. The molecule has 0 saturated heterocycles. The number of halogens is 2. The van der Waals surface area contributed by atoms with Gasteiger partial charge in [0.2, 0.25) is 0 Å². The summed E-state index contributed by atoms with van der Waals surface area (Å²) < 4.78 is 25.6. The van der Waals surface area contributed by atoms with E-state index in [0.717, 1.165) is 30.3 Å². The van der Waals surface area contributed by atoms with Crippen molar-refractivity contribution in [2.24, 2.45) is 0 Å². The van der Waals surface area contributed by atoms with Crippen molar-refractivity contribution in [2.75, 3.05) is 11.1 Å². The number of anilines is 2. The lowest BCUT2D eigenvalue weighted by molar-refractivity contribution is 0.102. The summed E-state index contributed by atoms with van der Waals surface area (Å²) in [5.41, 5.74) is 5.68. The van der Waals surface area contributed by atoms with E-state index in [9.17, 15) is 18.7 Å². The van der Waals surface area contributed by atoms with Gasteiger partial charge >= 0.3 is 0 Å². The highest BCUT2D eigenvalue weighted by Gasteiger charge is 2.13. The van der Waals surface area contributed by atoms with Gasteiger partial charge in [0, 0.05) is 6.07 Å². The van der Waals surface area contributed by atoms with Crippen molar-refractivity contribution in [2.45, 2.75) is 0 Å². The molecule has 0 spiro atoms. The standard InChI is InChI=1S/C13H10F2N2O2/c14-7-2-4-11(10(16)5-7)17-13(19)9-3-1-8(15)6-12(9)18/h1-6,18H,16H2,(H,17,19). The topological polar surface area (TPSA) is 75.3 Å². The Balaban J connectivity index is 2.25. The summed E-state index contributed by atoms with van der Waals surface area (Å²) in [6.07, 6.45) is 0. The van der Waals surface area contributed by atoms with Crippen molar-refractivity contribution in [3.05, 3.63) is 53.6 Å². The second kappa shape index (κ2) is 4.93. The highest BCUT2D eigenvalue weighted by molar-refractivity contribution is 6.07. The summed E-state index contributed by atoms with van der Waals surface area (Å²) in [7, 11) is 0. The van der Waals surface area contributed by atoms with Gasteiger partial charge in [0.1, 0.15) is 17.4 Å². The van der Waals surface area contributed by atoms with E-state index in [-0.39, 0.29) is 16.9 Å². The molecule has 0 aliphatic carbocycles. The monoisotopic (exact) mass is 264 g/mol. The smallest absolute Gasteiger partial charge is 0.259 e. The molecule has 0 bridgehead atoms. The van der Waals surface area contributed by atoms with Gasteiger partial charge in [-0.3, -0.25) is 4.79 Å². The van der Waals surface area contributed by atoms with Crippen molar-refractivity contribution >= 4 is 17.3 Å². The summed E-state index contributed by atoms with van der Waals surface area (Å²) in [6.45, 7) is 0. The highest BCUT2D eigenvalue weighted by Crippen LogP contribution is 2.23. The first kappa shape index (κ1) is 12.8. The van der Waals surface area contributed by atoms with Gasteiger partial charge in [0.25, 0.3) is 5.91 Å². The van der Waals surface area contributed by atoms with Crippen LogP contribution in [0.25, 0.3) is 0 Å². The van der Waals surface area contributed by atoms with E-state index >= 15 is 0 Å². The minimum Gasteiger partial charge on any atom is -0.507 e. The van der Waals surface area contributed by atoms with E-state index in [1.807, 2.05) is 0 Å². The Kier molecular flexibility index (Phi) is 3.33. The van der Waals surface area contributed by atoms with Crippen LogP contribution in [-0.4, -0.2) is 11.0 Å². The van der Waals surface area contributed by atoms with E-state index in [0.29, 0.717) is 0 Å². The van der Waals surface area contributed by atoms with Crippen molar-refractivity contribution in [3.8, 4) is 5.75 Å². The molecule has 0 radical (unpaired) electrons. The molecule has 0 atom stereocenters. The van der Waals surface area contributed by atoms with E-state index in [4.69, 9.17) is 5.73 Å². The number of benzene rings is 2. The summed E-state index contributed by atoms with van der Waals surface area (Å²) >= 11 is 0. The van der Waals surface area contributed by atoms with Crippen LogP contribution in [0, 0.1) is 11.6 Å². The van der Waals surface area contributed by atoms with Crippen molar-refractivity contribution < 1.29 is 18.7 Å². The molecule has 0 aliphatic rings. The molecule has 0 heterocycles. The predicted octanol–water partition coefficient (Wildman–Crippen LogP) is 2.50. The number of carbonyl (C=O) groups excluding carboxylic acids is 1. The average molecular weight is 264 g/mol. The van der Waals surface area contributed by atoms with E-state index in [1.165, 1.54) is 6.07 Å². The number of nitrogens with two attached hydrogens (primary N) is 1. The van der Waals surface area contributed by atoms with E-state index in [2.05, 4.69) is 5.32 Å². The third kappa shape index (κ3) is 2.79. The molecule has 2 rings (SSSR count). The van der Waals surface area contributed by atoms with Crippen LogP contribution < -0.4 is 11.1 Å². The molecule has 4 N–H and O–H groups in total. The van der Waals surface area contributed by atoms with Gasteiger partial charge in [-0.15, -0.1) is 0 Å². The lowest BCUT2D eigenvalue weighted by Crippen LogP contribution is -2.13. The Morgan fingerprint density at radius 3 is 2.37 bits per heavy atom. The number of carbonyl (C=O) groups is 1. The SMILES string of the molecule is Nc1cc(F)ccc1NC(=O)c1ccc(F)cc1O. The lowest BCUT2D eigenvalue weighted by Gasteiger charge is -2.09. The van der Waals surface area contributed by atoms with E-state index < -0.39 is 23.3 Å². The van der Waals surface area contributed by atoms with Gasteiger partial charge in [-0.2, -0.15) is 0 Å². The van der Waals surface area contributed by atoms with Gasteiger partial charge in [-0.05, 0) is 30.3 Å². The Hall–Kier alpha value is -2.63. The molecule has 1 amide bonds. The third-order valence-corrected chi connectivity index (χ3v) is 2.47. The molecule has 6 heteroatoms. The van der Waals surface area contributed by atoms with Crippen LogP contribution in [0.15, 0.2) is 36.4 Å². The molecule has 0 fully saturated rings. The van der Waals surface area contributed by atoms with Gasteiger partial charge in [0.15, 0.2) is 0 Å². The number of rotatable bonds is 2. The van der Waals surface area contributed by atoms with Crippen molar-refractivity contribution in [1.82, 2.24) is 0 Å². The largest absolute Gasteiger partial charge is 0.507 e. The molecule has 0 saturated carbocycles. The molecule has 4 nitrogen and oxygen atoms in total. The number of amides is 1. The maximum absolute atomic E-state index is 12.8. The van der Waals surface area contributed by atoms with Crippen LogP contribution in [0.4, 0.5) is 20.2 Å². The summed E-state index contributed by atoms with van der Waals surface area (Å²) in [6, 6.07) is 6.49. The first-order valence-electron chi connectivity index (χ1n) is 5.32. The predicted molar refractivity (Wildman–Crippen MR) is 66.8 cm³/mol. The number of aromatic hydroxyl groups is 1. The van der Waals surface area contributed by atoms with Crippen LogP contribution in [-0.2, 0) is 0 Å². The Morgan fingerprint density at radius 1 is 1.11 bits per heavy atom. The highest BCUT2D eigenvalue weighted by atomic mass is 19.1. The van der Waals surface area contributed by atoms with Crippen LogP contribution >= 0.6 is 0 Å². The number of hydrogen-bond donors (Lipinski definition) is 3. The Bertz CT molecular complexity index is 645. The maximum atomic E-state index is 12.8. The second-order valence-electron chi connectivity index (χ2n) is 3.85. The fourth-order valence-corrected chi connectivity index (χ4v) is 1.53. The number of nitrogens with one attached hydrogen (secondary N) is 1. The van der Waals surface area contributed by atoms with Crippen LogP contribution in [0.5, 0.6) is 5.75 Å². The molecule has 0 unspecified atom stereocenters. The minimum atomic E-state index is -0.671. The lowest BCUT2D eigenvalue weighted by atomic mass is 10.1.